The molecule has 0 aromatic rings. The van der Waals surface area contributed by atoms with Crippen molar-refractivity contribution < 1.29 is 32.6 Å². The minimum absolute atomic E-state index is 0.377. The van der Waals surface area contributed by atoms with Gasteiger partial charge in [0.15, 0.2) is 0 Å². The highest BCUT2D eigenvalue weighted by atomic mass is 19.4. The third-order valence-corrected chi connectivity index (χ3v) is 6.19. The summed E-state index contributed by atoms with van der Waals surface area (Å²) in [6, 6.07) is 0. The number of alkyl halides is 3. The van der Waals surface area contributed by atoms with E-state index in [1.165, 1.54) is 45.3 Å². The second-order valence-electron chi connectivity index (χ2n) is 8.48. The molecule has 4 fully saturated rings. The van der Waals surface area contributed by atoms with Crippen LogP contribution in [0.15, 0.2) is 0 Å². The highest BCUT2D eigenvalue weighted by molar-refractivity contribution is 5.76. The maximum absolute atomic E-state index is 12.4. The summed E-state index contributed by atoms with van der Waals surface area (Å²) < 4.78 is 37.6. The van der Waals surface area contributed by atoms with Gasteiger partial charge >= 0.3 is 12.1 Å². The van der Waals surface area contributed by atoms with Gasteiger partial charge in [0.1, 0.15) is 0 Å². The Bertz CT molecular complexity index is 562. The fourth-order valence-electron chi connectivity index (χ4n) is 4.54. The summed E-state index contributed by atoms with van der Waals surface area (Å²) in [5.74, 6) is 0.421. The zero-order valence-electron chi connectivity index (χ0n) is 16.0. The number of nitrogens with zero attached hydrogens (tertiary/aromatic N) is 2. The molecule has 6 nitrogen and oxygen atoms in total. The molecule has 3 aliphatic heterocycles. The smallest absolute Gasteiger partial charge is 0.475 e. The number of likely N-dealkylation sites (tertiary alicyclic amines) is 2. The molecule has 1 saturated carbocycles. The molecule has 3 heterocycles. The van der Waals surface area contributed by atoms with E-state index in [0.717, 1.165) is 38.6 Å². The zero-order valence-corrected chi connectivity index (χ0v) is 16.0. The Morgan fingerprint density at radius 2 is 1.71 bits per heavy atom. The lowest BCUT2D eigenvalue weighted by Gasteiger charge is -2.33. The minimum Gasteiger partial charge on any atom is -0.475 e. The molecule has 0 aromatic heterocycles. The molecule has 0 radical (unpaired) electrons. The Hall–Kier alpha value is -1.35. The van der Waals surface area contributed by atoms with Gasteiger partial charge in [-0.3, -0.25) is 4.79 Å². The van der Waals surface area contributed by atoms with Crippen LogP contribution in [-0.4, -0.2) is 78.9 Å². The summed E-state index contributed by atoms with van der Waals surface area (Å²) in [5.41, 5.74) is 0. The van der Waals surface area contributed by atoms with E-state index >= 15 is 0 Å². The highest BCUT2D eigenvalue weighted by Gasteiger charge is 2.43. The summed E-state index contributed by atoms with van der Waals surface area (Å²) >= 11 is 0. The average molecular weight is 406 g/mol. The van der Waals surface area contributed by atoms with Crippen LogP contribution >= 0.6 is 0 Å². The van der Waals surface area contributed by atoms with Crippen molar-refractivity contribution in [2.75, 3.05) is 45.9 Å². The molecular formula is C19H29F3N2O4. The van der Waals surface area contributed by atoms with Gasteiger partial charge in [0.25, 0.3) is 0 Å². The molecule has 28 heavy (non-hydrogen) atoms. The number of amides is 1. The summed E-state index contributed by atoms with van der Waals surface area (Å²) in [4.78, 5) is 26.0. The Balaban J connectivity index is 0.000000279. The molecule has 0 bridgehead atoms. The fraction of sp³-hybridized carbons (Fsp3) is 0.895. The Labute approximate surface area is 163 Å². The van der Waals surface area contributed by atoms with Crippen LogP contribution in [-0.2, 0) is 14.3 Å². The number of carboxylic acid groups (broad SMARTS) is 1. The van der Waals surface area contributed by atoms with Gasteiger partial charge in [-0.25, -0.2) is 4.79 Å². The van der Waals surface area contributed by atoms with E-state index in [1.54, 1.807) is 0 Å². The van der Waals surface area contributed by atoms with Crippen LogP contribution in [0.4, 0.5) is 13.2 Å². The van der Waals surface area contributed by atoms with Crippen LogP contribution in [0.1, 0.15) is 32.1 Å². The molecule has 3 saturated heterocycles. The number of fused-ring (bicyclic) bond motifs is 1. The van der Waals surface area contributed by atoms with Crippen LogP contribution in [0.2, 0.25) is 0 Å². The largest absolute Gasteiger partial charge is 0.490 e. The Kier molecular flexibility index (Phi) is 6.85. The second-order valence-corrected chi connectivity index (χ2v) is 8.48. The molecular weight excluding hydrogens is 377 g/mol. The van der Waals surface area contributed by atoms with E-state index < -0.39 is 12.1 Å². The van der Waals surface area contributed by atoms with E-state index in [4.69, 9.17) is 14.6 Å². The maximum atomic E-state index is 12.4. The molecule has 3 atom stereocenters. The van der Waals surface area contributed by atoms with Crippen LogP contribution < -0.4 is 0 Å². The van der Waals surface area contributed by atoms with Gasteiger partial charge in [-0.15, -0.1) is 0 Å². The molecule has 0 unspecified atom stereocenters. The van der Waals surface area contributed by atoms with Gasteiger partial charge in [-0.2, -0.15) is 13.2 Å². The molecule has 1 amide bonds. The van der Waals surface area contributed by atoms with Crippen LogP contribution in [0.25, 0.3) is 0 Å². The highest BCUT2D eigenvalue weighted by Crippen LogP contribution is 2.38. The first-order chi connectivity index (χ1) is 13.2. The van der Waals surface area contributed by atoms with Crippen molar-refractivity contribution in [3.05, 3.63) is 0 Å². The predicted octanol–water partition coefficient (Wildman–Crippen LogP) is 2.24. The fourth-order valence-corrected chi connectivity index (χ4v) is 4.54. The van der Waals surface area contributed by atoms with Crippen LogP contribution in [0.5, 0.6) is 0 Å². The number of aliphatic carboxylic acids is 1. The third-order valence-electron chi connectivity index (χ3n) is 6.19. The minimum atomic E-state index is -5.08. The van der Waals surface area contributed by atoms with Crippen molar-refractivity contribution in [1.29, 1.82) is 0 Å². The topological polar surface area (TPSA) is 70.1 Å². The lowest BCUT2D eigenvalue weighted by Crippen LogP contribution is -2.39. The molecule has 4 rings (SSSR count). The van der Waals surface area contributed by atoms with Crippen molar-refractivity contribution >= 4 is 11.9 Å². The molecule has 9 heteroatoms. The van der Waals surface area contributed by atoms with Gasteiger partial charge in [-0.1, -0.05) is 0 Å². The lowest BCUT2D eigenvalue weighted by molar-refractivity contribution is -0.192. The van der Waals surface area contributed by atoms with Gasteiger partial charge in [0, 0.05) is 39.1 Å². The molecule has 0 spiro atoms. The molecule has 1 aliphatic carbocycles. The van der Waals surface area contributed by atoms with Gasteiger partial charge in [0.05, 0.1) is 13.2 Å². The number of hydrogen-bond donors (Lipinski definition) is 1. The van der Waals surface area contributed by atoms with E-state index in [9.17, 15) is 18.0 Å². The standard InChI is InChI=1S/C17H28N2O2.C2HF3O2/c20-17(19-5-1-2-6-19)7-14-11-21-12-15-9-18(10-16(14)15)8-13-3-4-13;3-2(4,5)1(6)7/h13-16H,1-12H2;(H,6,7)/t14-,15-,16+;/m1./s1. The van der Waals surface area contributed by atoms with E-state index in [-0.39, 0.29) is 0 Å². The van der Waals surface area contributed by atoms with E-state index in [2.05, 4.69) is 9.80 Å². The normalized spacial score (nSPS) is 30.5. The zero-order chi connectivity index (χ0) is 20.3. The Morgan fingerprint density at radius 3 is 2.29 bits per heavy atom. The van der Waals surface area contributed by atoms with Crippen molar-refractivity contribution in [2.45, 2.75) is 38.3 Å². The van der Waals surface area contributed by atoms with Crippen LogP contribution in [0, 0.1) is 23.7 Å². The molecule has 160 valence electrons. The number of ether oxygens (including phenoxy) is 1. The number of carbonyl (C=O) groups excluding carboxylic acids is 1. The first-order valence-corrected chi connectivity index (χ1v) is 10.1. The number of halogens is 3. The van der Waals surface area contributed by atoms with Gasteiger partial charge in [-0.05, 0) is 49.4 Å². The summed E-state index contributed by atoms with van der Waals surface area (Å²) in [5, 5.41) is 7.12. The number of rotatable bonds is 4. The second kappa shape index (κ2) is 8.98. The van der Waals surface area contributed by atoms with E-state index in [1.807, 2.05) is 0 Å². The summed E-state index contributed by atoms with van der Waals surface area (Å²) in [6.07, 6.45) is 0.874. The van der Waals surface area contributed by atoms with Crippen molar-refractivity contribution in [3.63, 3.8) is 0 Å². The number of hydrogen-bond acceptors (Lipinski definition) is 4. The number of carboxylic acids is 1. The predicted molar refractivity (Wildman–Crippen MR) is 94.6 cm³/mol. The third kappa shape index (κ3) is 5.83. The van der Waals surface area contributed by atoms with Gasteiger partial charge < -0.3 is 19.6 Å². The quantitative estimate of drug-likeness (QED) is 0.776. The number of carbonyl (C=O) groups is 2. The summed E-state index contributed by atoms with van der Waals surface area (Å²) in [7, 11) is 0. The average Bonchev–Trinajstić information content (AvgIpc) is 3.10. The van der Waals surface area contributed by atoms with Crippen LogP contribution in [0.3, 0.4) is 0 Å². The van der Waals surface area contributed by atoms with Gasteiger partial charge in [0.2, 0.25) is 5.91 Å². The molecule has 4 aliphatic rings. The van der Waals surface area contributed by atoms with Crippen molar-refractivity contribution in [3.8, 4) is 0 Å². The monoisotopic (exact) mass is 406 g/mol. The Morgan fingerprint density at radius 1 is 1.07 bits per heavy atom. The summed E-state index contributed by atoms with van der Waals surface area (Å²) in [6.45, 7) is 7.39. The molecule has 0 aromatic carbocycles. The SMILES string of the molecule is O=C(C[C@@H]1COC[C@H]2CN(CC3CC3)C[C@@H]12)N1CCCC1.O=C(O)C(F)(F)F. The first-order valence-electron chi connectivity index (χ1n) is 10.1. The van der Waals surface area contributed by atoms with E-state index in [0.29, 0.717) is 23.7 Å². The first kappa shape index (κ1) is 21.4. The molecule has 1 N–H and O–H groups in total. The van der Waals surface area contributed by atoms with Crippen molar-refractivity contribution in [1.82, 2.24) is 9.80 Å². The maximum Gasteiger partial charge on any atom is 0.490 e. The van der Waals surface area contributed by atoms with Crippen molar-refractivity contribution in [2.24, 2.45) is 23.7 Å². The lowest BCUT2D eigenvalue weighted by atomic mass is 9.81.